The van der Waals surface area contributed by atoms with Gasteiger partial charge in [-0.05, 0) is 61.9 Å². The molecule has 2 N–H and O–H groups in total. The fraction of sp³-hybridized carbons (Fsp3) is 0.214. The topological polar surface area (TPSA) is 120 Å². The van der Waals surface area contributed by atoms with E-state index in [1.807, 2.05) is 12.1 Å². The second kappa shape index (κ2) is 13.4. The number of carbonyl (C=O) groups excluding carboxylic acids is 4. The fourth-order valence-electron chi connectivity index (χ4n) is 3.28. The summed E-state index contributed by atoms with van der Waals surface area (Å²) in [5.41, 5.74) is 1.49. The number of Topliss-reactive ketones (excluding diaryl/α,β-unsaturated/α-hetero) is 1. The first-order chi connectivity index (χ1) is 17.8. The summed E-state index contributed by atoms with van der Waals surface area (Å²) >= 11 is 0. The average Bonchev–Trinajstić information content (AvgIpc) is 2.89. The van der Waals surface area contributed by atoms with Gasteiger partial charge in [-0.25, -0.2) is 0 Å². The molecule has 3 aromatic rings. The average molecular weight is 505 g/mol. The van der Waals surface area contributed by atoms with Gasteiger partial charge >= 0.3 is 5.97 Å². The van der Waals surface area contributed by atoms with E-state index in [-0.39, 0.29) is 31.0 Å². The van der Waals surface area contributed by atoms with Gasteiger partial charge in [0.2, 0.25) is 5.91 Å². The molecule has 9 nitrogen and oxygen atoms in total. The van der Waals surface area contributed by atoms with Crippen molar-refractivity contribution < 1.29 is 33.4 Å². The van der Waals surface area contributed by atoms with Crippen molar-refractivity contribution in [3.8, 4) is 17.2 Å². The van der Waals surface area contributed by atoms with Gasteiger partial charge in [0.15, 0.2) is 23.9 Å². The Morgan fingerprint density at radius 1 is 0.757 bits per heavy atom. The van der Waals surface area contributed by atoms with Crippen molar-refractivity contribution in [1.29, 1.82) is 0 Å². The van der Waals surface area contributed by atoms with Gasteiger partial charge < -0.3 is 24.8 Å². The summed E-state index contributed by atoms with van der Waals surface area (Å²) in [5.74, 6) is 0.284. The number of ether oxygens (including phenoxy) is 3. The SMILES string of the molecule is COc1ccccc1Oc1ccc(NC(=O)CCCC(=O)OCC(=O)Nc2cccc(C(C)=O)c2)cc1. The number of hydrogen-bond acceptors (Lipinski definition) is 7. The molecule has 0 aliphatic rings. The van der Waals surface area contributed by atoms with Crippen LogP contribution in [0.1, 0.15) is 36.5 Å². The summed E-state index contributed by atoms with van der Waals surface area (Å²) in [6.07, 6.45) is 0.368. The lowest BCUT2D eigenvalue weighted by atomic mass is 10.1. The van der Waals surface area contributed by atoms with Gasteiger partial charge in [0, 0.05) is 29.8 Å². The normalized spacial score (nSPS) is 10.2. The van der Waals surface area contributed by atoms with Crippen molar-refractivity contribution in [1.82, 2.24) is 0 Å². The molecule has 0 fully saturated rings. The minimum absolute atomic E-state index is 0.00773. The molecule has 0 aliphatic heterocycles. The van der Waals surface area contributed by atoms with Crippen molar-refractivity contribution in [2.75, 3.05) is 24.4 Å². The lowest BCUT2D eigenvalue weighted by Gasteiger charge is -2.11. The van der Waals surface area contributed by atoms with Crippen LogP contribution in [0.15, 0.2) is 72.8 Å². The highest BCUT2D eigenvalue weighted by Crippen LogP contribution is 2.31. The van der Waals surface area contributed by atoms with Crippen molar-refractivity contribution >= 4 is 34.9 Å². The molecule has 3 rings (SSSR count). The number of methoxy groups -OCH3 is 1. The van der Waals surface area contributed by atoms with Crippen molar-refractivity contribution in [3.63, 3.8) is 0 Å². The number of hydrogen-bond donors (Lipinski definition) is 2. The third-order valence-electron chi connectivity index (χ3n) is 5.14. The minimum atomic E-state index is -0.585. The molecule has 0 saturated heterocycles. The van der Waals surface area contributed by atoms with Crippen LogP contribution in [0.4, 0.5) is 11.4 Å². The fourth-order valence-corrected chi connectivity index (χ4v) is 3.28. The minimum Gasteiger partial charge on any atom is -0.493 e. The van der Waals surface area contributed by atoms with Crippen molar-refractivity contribution in [3.05, 3.63) is 78.4 Å². The monoisotopic (exact) mass is 504 g/mol. The van der Waals surface area contributed by atoms with Gasteiger partial charge in [0.1, 0.15) is 5.75 Å². The Hall–Kier alpha value is -4.66. The van der Waals surface area contributed by atoms with E-state index in [1.165, 1.54) is 6.92 Å². The van der Waals surface area contributed by atoms with E-state index < -0.39 is 18.5 Å². The molecule has 0 heterocycles. The molecule has 0 atom stereocenters. The smallest absolute Gasteiger partial charge is 0.306 e. The van der Waals surface area contributed by atoms with E-state index in [0.717, 1.165) is 0 Å². The molecular formula is C28H28N2O7. The first-order valence-electron chi connectivity index (χ1n) is 11.6. The Morgan fingerprint density at radius 2 is 1.46 bits per heavy atom. The Balaban J connectivity index is 1.35. The summed E-state index contributed by atoms with van der Waals surface area (Å²) in [6, 6.07) is 20.6. The molecule has 0 aliphatic carbocycles. The van der Waals surface area contributed by atoms with Gasteiger partial charge in [-0.2, -0.15) is 0 Å². The van der Waals surface area contributed by atoms with E-state index in [0.29, 0.717) is 34.2 Å². The predicted octanol–water partition coefficient (Wildman–Crippen LogP) is 4.98. The van der Waals surface area contributed by atoms with E-state index in [9.17, 15) is 19.2 Å². The molecule has 0 unspecified atom stereocenters. The summed E-state index contributed by atoms with van der Waals surface area (Å²) < 4.78 is 16.0. The predicted molar refractivity (Wildman–Crippen MR) is 138 cm³/mol. The van der Waals surface area contributed by atoms with Crippen LogP contribution >= 0.6 is 0 Å². The van der Waals surface area contributed by atoms with Crippen LogP contribution in [-0.2, 0) is 19.1 Å². The van der Waals surface area contributed by atoms with Crippen molar-refractivity contribution in [2.24, 2.45) is 0 Å². The molecule has 0 aromatic heterocycles. The molecule has 37 heavy (non-hydrogen) atoms. The Kier molecular flexibility index (Phi) is 9.78. The third kappa shape index (κ3) is 8.81. The standard InChI is InChI=1S/C28H28N2O7/c1-19(31)20-7-5-8-22(17-20)30-27(33)18-36-28(34)12-6-11-26(32)29-21-13-15-23(16-14-21)37-25-10-4-3-9-24(25)35-2/h3-5,7-10,13-17H,6,11-12,18H2,1-2H3,(H,29,32)(H,30,33). The van der Waals surface area contributed by atoms with Gasteiger partial charge in [0.05, 0.1) is 7.11 Å². The number of benzene rings is 3. The van der Waals surface area contributed by atoms with Crippen LogP contribution in [0, 0.1) is 0 Å². The maximum atomic E-state index is 12.2. The molecule has 0 bridgehead atoms. The first-order valence-corrected chi connectivity index (χ1v) is 11.6. The number of anilines is 2. The van der Waals surface area contributed by atoms with Crippen LogP contribution in [-0.4, -0.2) is 37.3 Å². The van der Waals surface area contributed by atoms with Crippen LogP contribution in [0.5, 0.6) is 17.2 Å². The van der Waals surface area contributed by atoms with Crippen molar-refractivity contribution in [2.45, 2.75) is 26.2 Å². The molecule has 0 saturated carbocycles. The van der Waals surface area contributed by atoms with Gasteiger partial charge in [0.25, 0.3) is 5.91 Å². The Bertz CT molecular complexity index is 1260. The highest BCUT2D eigenvalue weighted by atomic mass is 16.5. The highest BCUT2D eigenvalue weighted by molar-refractivity contribution is 5.97. The molecule has 0 spiro atoms. The summed E-state index contributed by atoms with van der Waals surface area (Å²) in [7, 11) is 1.57. The molecule has 2 amide bonds. The van der Waals surface area contributed by atoms with E-state index >= 15 is 0 Å². The summed E-state index contributed by atoms with van der Waals surface area (Å²) in [6.45, 7) is 0.969. The second-order valence-corrected chi connectivity index (χ2v) is 8.02. The van der Waals surface area contributed by atoms with E-state index in [1.54, 1.807) is 67.8 Å². The molecule has 192 valence electrons. The second-order valence-electron chi connectivity index (χ2n) is 8.02. The van der Waals surface area contributed by atoms with Crippen LogP contribution in [0.2, 0.25) is 0 Å². The quantitative estimate of drug-likeness (QED) is 0.264. The number of nitrogens with one attached hydrogen (secondary N) is 2. The van der Waals surface area contributed by atoms with Crippen LogP contribution in [0.25, 0.3) is 0 Å². The molecular weight excluding hydrogens is 476 g/mol. The van der Waals surface area contributed by atoms with Gasteiger partial charge in [-0.1, -0.05) is 24.3 Å². The highest BCUT2D eigenvalue weighted by Gasteiger charge is 2.11. The number of esters is 1. The number of carbonyl (C=O) groups is 4. The zero-order valence-corrected chi connectivity index (χ0v) is 20.6. The van der Waals surface area contributed by atoms with E-state index in [2.05, 4.69) is 10.6 Å². The van der Waals surface area contributed by atoms with Gasteiger partial charge in [-0.15, -0.1) is 0 Å². The van der Waals surface area contributed by atoms with Gasteiger partial charge in [-0.3, -0.25) is 19.2 Å². The van der Waals surface area contributed by atoms with Crippen LogP contribution < -0.4 is 20.1 Å². The number of rotatable bonds is 12. The summed E-state index contributed by atoms with van der Waals surface area (Å²) in [4.78, 5) is 47.5. The molecule has 9 heteroatoms. The lowest BCUT2D eigenvalue weighted by molar-refractivity contribution is -0.147. The number of amides is 2. The largest absolute Gasteiger partial charge is 0.493 e. The molecule has 3 aromatic carbocycles. The zero-order chi connectivity index (χ0) is 26.6. The molecule has 0 radical (unpaired) electrons. The van der Waals surface area contributed by atoms with E-state index in [4.69, 9.17) is 14.2 Å². The number of ketones is 1. The maximum absolute atomic E-state index is 12.2. The van der Waals surface area contributed by atoms with Crippen LogP contribution in [0.3, 0.4) is 0 Å². The Labute approximate surface area is 214 Å². The summed E-state index contributed by atoms with van der Waals surface area (Å²) in [5, 5.41) is 5.33. The lowest BCUT2D eigenvalue weighted by Crippen LogP contribution is -2.21. The third-order valence-corrected chi connectivity index (χ3v) is 5.14. The zero-order valence-electron chi connectivity index (χ0n) is 20.6. The maximum Gasteiger partial charge on any atom is 0.306 e. The number of para-hydroxylation sites is 2. The Morgan fingerprint density at radius 3 is 2.16 bits per heavy atom. The first kappa shape index (κ1) is 26.9.